The highest BCUT2D eigenvalue weighted by atomic mass is 19.4. The van der Waals surface area contributed by atoms with Gasteiger partial charge < -0.3 is 11.1 Å². The molecule has 0 spiro atoms. The number of anilines is 2. The van der Waals surface area contributed by atoms with Crippen molar-refractivity contribution in [3.05, 3.63) is 23.8 Å². The van der Waals surface area contributed by atoms with Crippen molar-refractivity contribution in [2.24, 2.45) is 0 Å². The number of hydrogen-bond donors (Lipinski definition) is 2. The molecule has 0 unspecified atom stereocenters. The topological polar surface area (TPSA) is 38.0 Å². The van der Waals surface area contributed by atoms with E-state index in [1.165, 1.54) is 0 Å². The lowest BCUT2D eigenvalue weighted by Crippen LogP contribution is -2.14. The molecule has 0 bridgehead atoms. The molecule has 0 aliphatic carbocycles. The van der Waals surface area contributed by atoms with Crippen LogP contribution in [0, 0.1) is 6.92 Å². The monoisotopic (exact) mass is 218 g/mol. The second-order valence-corrected chi connectivity index (χ2v) is 3.36. The minimum atomic E-state index is -4.12. The molecule has 15 heavy (non-hydrogen) atoms. The number of alkyl halides is 3. The Morgan fingerprint density at radius 1 is 1.33 bits per heavy atom. The molecule has 0 aliphatic heterocycles. The summed E-state index contributed by atoms with van der Waals surface area (Å²) >= 11 is 0. The first-order valence-corrected chi connectivity index (χ1v) is 4.55. The van der Waals surface area contributed by atoms with Crippen molar-refractivity contribution in [1.29, 1.82) is 0 Å². The van der Waals surface area contributed by atoms with E-state index < -0.39 is 12.6 Å². The van der Waals surface area contributed by atoms with E-state index >= 15 is 0 Å². The van der Waals surface area contributed by atoms with Crippen LogP contribution in [-0.2, 0) is 0 Å². The first-order valence-electron chi connectivity index (χ1n) is 4.55. The first kappa shape index (κ1) is 11.7. The second kappa shape index (κ2) is 4.42. The maximum absolute atomic E-state index is 11.8. The molecule has 0 radical (unpaired) electrons. The molecular formula is C10H13F3N2. The fraction of sp³-hybridized carbons (Fsp3) is 0.400. The van der Waals surface area contributed by atoms with Crippen LogP contribution in [0.25, 0.3) is 0 Å². The summed E-state index contributed by atoms with van der Waals surface area (Å²) in [7, 11) is 0. The highest BCUT2D eigenvalue weighted by molar-refractivity contribution is 5.56. The van der Waals surface area contributed by atoms with Gasteiger partial charge in [-0.15, -0.1) is 0 Å². The summed E-state index contributed by atoms with van der Waals surface area (Å²) in [5, 5.41) is 2.69. The molecule has 0 atom stereocenters. The van der Waals surface area contributed by atoms with E-state index in [2.05, 4.69) is 5.32 Å². The third-order valence-corrected chi connectivity index (χ3v) is 2.01. The van der Waals surface area contributed by atoms with Crippen molar-refractivity contribution in [2.75, 3.05) is 17.6 Å². The van der Waals surface area contributed by atoms with Crippen LogP contribution in [0.15, 0.2) is 18.2 Å². The van der Waals surface area contributed by atoms with Gasteiger partial charge >= 0.3 is 6.18 Å². The normalized spacial score (nSPS) is 11.5. The van der Waals surface area contributed by atoms with Crippen LogP contribution in [0.3, 0.4) is 0 Å². The Morgan fingerprint density at radius 3 is 2.53 bits per heavy atom. The highest BCUT2D eigenvalue weighted by Gasteiger charge is 2.25. The minimum Gasteiger partial charge on any atom is -0.399 e. The van der Waals surface area contributed by atoms with Crippen LogP contribution in [0.4, 0.5) is 24.5 Å². The van der Waals surface area contributed by atoms with Crippen LogP contribution < -0.4 is 11.1 Å². The molecular weight excluding hydrogens is 205 g/mol. The minimum absolute atomic E-state index is 0.118. The summed E-state index contributed by atoms with van der Waals surface area (Å²) in [5.74, 6) is 0. The summed E-state index contributed by atoms with van der Waals surface area (Å²) in [6.45, 7) is 1.69. The fourth-order valence-electron chi connectivity index (χ4n) is 1.13. The molecule has 3 N–H and O–H groups in total. The lowest BCUT2D eigenvalue weighted by molar-refractivity contribution is -0.131. The second-order valence-electron chi connectivity index (χ2n) is 3.36. The van der Waals surface area contributed by atoms with Gasteiger partial charge in [-0.25, -0.2) is 0 Å². The Bertz CT molecular complexity index is 334. The standard InChI is InChI=1S/C10H13F3N2/c1-7-6-8(2-3-9(7)14)15-5-4-10(11,12)13/h2-3,6,15H,4-5,14H2,1H3. The van der Waals surface area contributed by atoms with Crippen LogP contribution in [0.5, 0.6) is 0 Å². The van der Waals surface area contributed by atoms with Gasteiger partial charge in [0.2, 0.25) is 0 Å². The Morgan fingerprint density at radius 2 is 2.00 bits per heavy atom. The number of benzene rings is 1. The smallest absolute Gasteiger partial charge is 0.390 e. The average Bonchev–Trinajstić information content (AvgIpc) is 2.09. The average molecular weight is 218 g/mol. The zero-order valence-corrected chi connectivity index (χ0v) is 8.36. The molecule has 1 aromatic carbocycles. The molecule has 0 heterocycles. The van der Waals surface area contributed by atoms with E-state index in [4.69, 9.17) is 5.73 Å². The van der Waals surface area contributed by atoms with Crippen molar-refractivity contribution >= 4 is 11.4 Å². The highest BCUT2D eigenvalue weighted by Crippen LogP contribution is 2.20. The molecule has 0 aromatic heterocycles. The zero-order chi connectivity index (χ0) is 11.5. The number of nitrogens with one attached hydrogen (secondary N) is 1. The third-order valence-electron chi connectivity index (χ3n) is 2.01. The van der Waals surface area contributed by atoms with Gasteiger partial charge in [0.1, 0.15) is 0 Å². The van der Waals surface area contributed by atoms with Crippen LogP contribution in [0.1, 0.15) is 12.0 Å². The number of halogens is 3. The number of nitrogen functional groups attached to an aromatic ring is 1. The number of aryl methyl sites for hydroxylation is 1. The van der Waals surface area contributed by atoms with Gasteiger partial charge in [0.15, 0.2) is 0 Å². The van der Waals surface area contributed by atoms with E-state index in [0.29, 0.717) is 11.4 Å². The van der Waals surface area contributed by atoms with Gasteiger partial charge in [0, 0.05) is 17.9 Å². The summed E-state index contributed by atoms with van der Waals surface area (Å²) in [4.78, 5) is 0. The van der Waals surface area contributed by atoms with E-state index in [1.807, 2.05) is 6.92 Å². The summed E-state index contributed by atoms with van der Waals surface area (Å²) in [6.07, 6.45) is -4.95. The summed E-state index contributed by atoms with van der Waals surface area (Å²) in [6, 6.07) is 5.07. The molecule has 0 saturated heterocycles. The van der Waals surface area contributed by atoms with Gasteiger partial charge in [-0.1, -0.05) is 0 Å². The van der Waals surface area contributed by atoms with Crippen molar-refractivity contribution in [3.63, 3.8) is 0 Å². The Balaban J connectivity index is 2.48. The number of hydrogen-bond acceptors (Lipinski definition) is 2. The Kier molecular flexibility index (Phi) is 3.44. The molecule has 84 valence electrons. The van der Waals surface area contributed by atoms with E-state index in [9.17, 15) is 13.2 Å². The van der Waals surface area contributed by atoms with Crippen LogP contribution >= 0.6 is 0 Å². The predicted molar refractivity (Wildman–Crippen MR) is 54.8 cm³/mol. The maximum Gasteiger partial charge on any atom is 0.390 e. The van der Waals surface area contributed by atoms with Gasteiger partial charge in [0.25, 0.3) is 0 Å². The van der Waals surface area contributed by atoms with Gasteiger partial charge in [-0.2, -0.15) is 13.2 Å². The summed E-state index contributed by atoms with van der Waals surface area (Å²) < 4.78 is 35.5. The third kappa shape index (κ3) is 4.10. The Hall–Kier alpha value is -1.39. The van der Waals surface area contributed by atoms with Gasteiger partial charge in [-0.05, 0) is 30.7 Å². The largest absolute Gasteiger partial charge is 0.399 e. The lowest BCUT2D eigenvalue weighted by atomic mass is 10.2. The molecule has 0 saturated carbocycles. The molecule has 1 aromatic rings. The first-order chi connectivity index (χ1) is 6.88. The van der Waals surface area contributed by atoms with E-state index in [1.54, 1.807) is 18.2 Å². The van der Waals surface area contributed by atoms with E-state index in [-0.39, 0.29) is 6.54 Å². The number of rotatable bonds is 3. The fourth-order valence-corrected chi connectivity index (χ4v) is 1.13. The SMILES string of the molecule is Cc1cc(NCCC(F)(F)F)ccc1N. The van der Waals surface area contributed by atoms with Crippen molar-refractivity contribution in [2.45, 2.75) is 19.5 Å². The van der Waals surface area contributed by atoms with E-state index in [0.717, 1.165) is 5.56 Å². The van der Waals surface area contributed by atoms with Gasteiger partial charge in [0.05, 0.1) is 6.42 Å². The quantitative estimate of drug-likeness (QED) is 0.765. The molecule has 2 nitrogen and oxygen atoms in total. The van der Waals surface area contributed by atoms with Gasteiger partial charge in [-0.3, -0.25) is 0 Å². The summed E-state index contributed by atoms with van der Waals surface area (Å²) in [5.41, 5.74) is 7.73. The van der Waals surface area contributed by atoms with Crippen molar-refractivity contribution < 1.29 is 13.2 Å². The molecule has 0 aliphatic rings. The predicted octanol–water partition coefficient (Wildman–Crippen LogP) is 2.94. The Labute approximate surface area is 86.3 Å². The molecule has 5 heteroatoms. The lowest BCUT2D eigenvalue weighted by Gasteiger charge is -2.10. The number of nitrogens with two attached hydrogens (primary N) is 1. The van der Waals surface area contributed by atoms with Crippen LogP contribution in [0.2, 0.25) is 0 Å². The maximum atomic E-state index is 11.8. The van der Waals surface area contributed by atoms with Crippen LogP contribution in [-0.4, -0.2) is 12.7 Å². The molecule has 0 fully saturated rings. The molecule has 1 rings (SSSR count). The molecule has 0 amide bonds. The zero-order valence-electron chi connectivity index (χ0n) is 8.36. The van der Waals surface area contributed by atoms with Crippen molar-refractivity contribution in [3.8, 4) is 0 Å². The van der Waals surface area contributed by atoms with Crippen molar-refractivity contribution in [1.82, 2.24) is 0 Å².